The average Bonchev–Trinajstić information content (AvgIpc) is 3.54. The summed E-state index contributed by atoms with van der Waals surface area (Å²) in [6, 6.07) is 5.27. The third-order valence-corrected chi connectivity index (χ3v) is 9.56. The second-order valence-corrected chi connectivity index (χ2v) is 11.9. The van der Waals surface area contributed by atoms with E-state index in [1.165, 1.54) is 6.42 Å². The molecule has 3 aliphatic heterocycles. The van der Waals surface area contributed by atoms with E-state index in [9.17, 15) is 14.4 Å². The lowest BCUT2D eigenvalue weighted by molar-refractivity contribution is -0.144. The quantitative estimate of drug-likeness (QED) is 0.588. The molecule has 2 N–H and O–H groups in total. The molecule has 3 amide bonds. The van der Waals surface area contributed by atoms with Crippen LogP contribution in [0, 0.1) is 25.7 Å². The number of nitrogens with one attached hydrogen (secondary N) is 2. The van der Waals surface area contributed by atoms with Crippen LogP contribution in [0.1, 0.15) is 75.3 Å². The fourth-order valence-electron chi connectivity index (χ4n) is 7.53. The second kappa shape index (κ2) is 9.57. The number of carbonyl (C=O) groups excluding carboxylic acids is 3. The number of carbonyl (C=O) groups is 3. The van der Waals surface area contributed by atoms with Gasteiger partial charge in [0.25, 0.3) is 0 Å². The van der Waals surface area contributed by atoms with Crippen LogP contribution in [-0.4, -0.2) is 52.5 Å². The second-order valence-electron chi connectivity index (χ2n) is 11.9. The topological polar surface area (TPSA) is 87.7 Å². The summed E-state index contributed by atoms with van der Waals surface area (Å²) in [4.78, 5) is 43.7. The Bertz CT molecular complexity index is 1120. The zero-order valence-corrected chi connectivity index (χ0v) is 22.0. The lowest BCUT2D eigenvalue weighted by Crippen LogP contribution is -2.58. The Balaban J connectivity index is 1.31. The molecule has 0 radical (unpaired) electrons. The molecule has 4 fully saturated rings. The van der Waals surface area contributed by atoms with E-state index in [1.807, 2.05) is 49.1 Å². The van der Waals surface area contributed by atoms with Crippen molar-refractivity contribution in [1.82, 2.24) is 10.2 Å². The molecule has 37 heavy (non-hydrogen) atoms. The van der Waals surface area contributed by atoms with Crippen LogP contribution in [0.5, 0.6) is 0 Å². The Kier molecular flexibility index (Phi) is 6.38. The molecule has 1 aromatic rings. The number of benzene rings is 1. The summed E-state index contributed by atoms with van der Waals surface area (Å²) in [7, 11) is 0. The number of hydrogen-bond donors (Lipinski definition) is 2. The van der Waals surface area contributed by atoms with Crippen molar-refractivity contribution in [1.29, 1.82) is 0 Å². The predicted molar refractivity (Wildman–Crippen MR) is 141 cm³/mol. The number of aryl methyl sites for hydroxylation is 2. The van der Waals surface area contributed by atoms with Crippen molar-refractivity contribution in [2.24, 2.45) is 11.8 Å². The van der Waals surface area contributed by atoms with Crippen molar-refractivity contribution in [3.05, 3.63) is 41.5 Å². The highest BCUT2D eigenvalue weighted by Gasteiger charge is 2.73. The average molecular weight is 506 g/mol. The Labute approximate surface area is 219 Å². The van der Waals surface area contributed by atoms with Crippen LogP contribution in [0.3, 0.4) is 0 Å². The summed E-state index contributed by atoms with van der Waals surface area (Å²) in [5, 5.41) is 6.34. The van der Waals surface area contributed by atoms with Gasteiger partial charge in [0.1, 0.15) is 11.6 Å². The first-order chi connectivity index (χ1) is 17.9. The molecule has 5 aliphatic rings. The molecule has 5 atom stereocenters. The van der Waals surface area contributed by atoms with Gasteiger partial charge in [-0.05, 0) is 62.8 Å². The summed E-state index contributed by atoms with van der Waals surface area (Å²) in [6.45, 7) is 4.05. The fourth-order valence-corrected chi connectivity index (χ4v) is 7.53. The Morgan fingerprint density at radius 2 is 1.65 bits per heavy atom. The number of ether oxygens (including phenoxy) is 1. The van der Waals surface area contributed by atoms with Crippen LogP contribution >= 0.6 is 0 Å². The molecule has 2 saturated heterocycles. The van der Waals surface area contributed by atoms with Gasteiger partial charge in [-0.15, -0.1) is 0 Å². The molecule has 1 spiro atoms. The van der Waals surface area contributed by atoms with Crippen molar-refractivity contribution in [3.63, 3.8) is 0 Å². The number of likely N-dealkylation sites (tertiary alicyclic amines) is 1. The minimum Gasteiger partial charge on any atom is -0.359 e. The first kappa shape index (κ1) is 24.7. The number of fused-ring (bicyclic) bond motifs is 1. The molecule has 2 aliphatic carbocycles. The number of anilines is 1. The molecule has 2 bridgehead atoms. The normalized spacial score (nSPS) is 33.6. The molecular formula is C30H39N3O4. The highest BCUT2D eigenvalue weighted by Crippen LogP contribution is 2.56. The van der Waals surface area contributed by atoms with Gasteiger partial charge in [0.05, 0.1) is 17.9 Å². The van der Waals surface area contributed by atoms with Crippen LogP contribution in [0.4, 0.5) is 5.69 Å². The minimum atomic E-state index is -1.08. The van der Waals surface area contributed by atoms with Crippen LogP contribution in [-0.2, 0) is 19.1 Å². The first-order valence-electron chi connectivity index (χ1n) is 14.3. The van der Waals surface area contributed by atoms with Crippen molar-refractivity contribution in [3.8, 4) is 0 Å². The van der Waals surface area contributed by atoms with E-state index in [1.54, 1.807) is 0 Å². The van der Waals surface area contributed by atoms with Gasteiger partial charge in [0, 0.05) is 17.8 Å². The van der Waals surface area contributed by atoms with E-state index in [2.05, 4.69) is 10.6 Å². The third kappa shape index (κ3) is 4.10. The van der Waals surface area contributed by atoms with E-state index >= 15 is 0 Å². The van der Waals surface area contributed by atoms with Gasteiger partial charge in [-0.25, -0.2) is 0 Å². The number of rotatable bonds is 5. The van der Waals surface area contributed by atoms with Crippen molar-refractivity contribution in [2.45, 2.75) is 108 Å². The molecule has 6 rings (SSSR count). The zero-order valence-electron chi connectivity index (χ0n) is 22.0. The maximum atomic E-state index is 14.2. The van der Waals surface area contributed by atoms with Gasteiger partial charge in [-0.3, -0.25) is 14.4 Å². The molecule has 7 heteroatoms. The monoisotopic (exact) mass is 505 g/mol. The fraction of sp³-hybridized carbons (Fsp3) is 0.633. The third-order valence-electron chi connectivity index (χ3n) is 9.56. The Morgan fingerprint density at radius 3 is 2.35 bits per heavy atom. The van der Waals surface area contributed by atoms with Crippen molar-refractivity contribution in [2.75, 3.05) is 5.32 Å². The summed E-state index contributed by atoms with van der Waals surface area (Å²) in [6.07, 6.45) is 13.8. The Morgan fingerprint density at radius 1 is 0.946 bits per heavy atom. The van der Waals surface area contributed by atoms with Crippen LogP contribution in [0.2, 0.25) is 0 Å². The van der Waals surface area contributed by atoms with Gasteiger partial charge in [0.15, 0.2) is 0 Å². The maximum Gasteiger partial charge on any atom is 0.246 e. The highest BCUT2D eigenvalue weighted by molar-refractivity contribution is 6.03. The molecule has 0 unspecified atom stereocenters. The van der Waals surface area contributed by atoms with E-state index < -0.39 is 29.6 Å². The van der Waals surface area contributed by atoms with Crippen molar-refractivity contribution < 1.29 is 19.1 Å². The van der Waals surface area contributed by atoms with Crippen LogP contribution in [0.25, 0.3) is 0 Å². The van der Waals surface area contributed by atoms with E-state index in [4.69, 9.17) is 4.74 Å². The van der Waals surface area contributed by atoms with Gasteiger partial charge in [0.2, 0.25) is 17.7 Å². The zero-order chi connectivity index (χ0) is 25.7. The summed E-state index contributed by atoms with van der Waals surface area (Å²) >= 11 is 0. The molecule has 198 valence electrons. The maximum absolute atomic E-state index is 14.2. The summed E-state index contributed by atoms with van der Waals surface area (Å²) < 4.78 is 6.52. The number of amides is 3. The van der Waals surface area contributed by atoms with Crippen LogP contribution < -0.4 is 10.6 Å². The molecule has 3 heterocycles. The lowest BCUT2D eigenvalue weighted by atomic mass is 9.74. The number of hydrogen-bond acceptors (Lipinski definition) is 4. The largest absolute Gasteiger partial charge is 0.359 e. The van der Waals surface area contributed by atoms with Crippen molar-refractivity contribution >= 4 is 23.4 Å². The van der Waals surface area contributed by atoms with Gasteiger partial charge >= 0.3 is 0 Å². The molecular weight excluding hydrogens is 466 g/mol. The predicted octanol–water partition coefficient (Wildman–Crippen LogP) is 4.17. The highest BCUT2D eigenvalue weighted by atomic mass is 16.5. The minimum absolute atomic E-state index is 0.0165. The molecule has 2 saturated carbocycles. The summed E-state index contributed by atoms with van der Waals surface area (Å²) in [5.41, 5.74) is 1.89. The lowest BCUT2D eigenvalue weighted by Gasteiger charge is -2.39. The van der Waals surface area contributed by atoms with E-state index in [-0.39, 0.29) is 29.8 Å². The SMILES string of the molecule is Cc1ccc(NC(=O)[C@H]2[C@H]3C=C[C@@]4(O3)[C@H]2C(=O)N(C2CCCCC2)[C@@H]4C(=O)NC2CCCCC2)cc1C. The van der Waals surface area contributed by atoms with E-state index in [0.717, 1.165) is 74.6 Å². The Hall–Kier alpha value is -2.67. The molecule has 0 aromatic heterocycles. The molecule has 1 aromatic carbocycles. The first-order valence-corrected chi connectivity index (χ1v) is 14.3. The van der Waals surface area contributed by atoms with E-state index in [0.29, 0.717) is 0 Å². The summed E-state index contributed by atoms with van der Waals surface area (Å²) in [5.74, 6) is -1.76. The standard InChI is InChI=1S/C30H39N3O4/c1-18-13-14-21(17-19(18)2)32-27(34)24-23-15-16-30(37-23)25(24)29(36)33(22-11-7-4-8-12-22)26(30)28(35)31-20-9-5-3-6-10-20/h13-17,20,22-26H,3-12H2,1-2H3,(H,31,35)(H,32,34)/t23-,24+,25-,26-,30-/m1/s1. The molecule has 7 nitrogen and oxygen atoms in total. The smallest absolute Gasteiger partial charge is 0.246 e. The van der Waals surface area contributed by atoms with Gasteiger partial charge in [-0.2, -0.15) is 0 Å². The number of nitrogens with zero attached hydrogens (tertiary/aromatic N) is 1. The van der Waals surface area contributed by atoms with Crippen LogP contribution in [0.15, 0.2) is 30.4 Å². The van der Waals surface area contributed by atoms with Gasteiger partial charge < -0.3 is 20.3 Å². The van der Waals surface area contributed by atoms with Gasteiger partial charge in [-0.1, -0.05) is 56.7 Å².